The standard InChI is InChI=1S/C11H22O3Si/c1-7-8-9(10(12)13)14-15(5,6)11(2,3)4/h7-9H,1-6H3,(H,12,13)/p-1/b8-7+. The zero-order valence-electron chi connectivity index (χ0n) is 10.5. The maximum atomic E-state index is 10.8. The highest BCUT2D eigenvalue weighted by Crippen LogP contribution is 2.37. The van der Waals surface area contributed by atoms with Crippen LogP contribution in [0.15, 0.2) is 12.2 Å². The Morgan fingerprint density at radius 3 is 2.13 bits per heavy atom. The molecule has 0 aromatic rings. The van der Waals surface area contributed by atoms with Crippen LogP contribution >= 0.6 is 0 Å². The molecule has 0 radical (unpaired) electrons. The molecule has 0 aromatic carbocycles. The van der Waals surface area contributed by atoms with Crippen molar-refractivity contribution in [1.29, 1.82) is 0 Å². The molecule has 0 aromatic heterocycles. The zero-order chi connectivity index (χ0) is 12.3. The molecule has 0 aliphatic carbocycles. The van der Waals surface area contributed by atoms with Crippen LogP contribution in [0.2, 0.25) is 18.1 Å². The fraction of sp³-hybridized carbons (Fsp3) is 0.727. The molecule has 0 saturated heterocycles. The predicted molar refractivity (Wildman–Crippen MR) is 61.9 cm³/mol. The summed E-state index contributed by atoms with van der Waals surface area (Å²) in [6, 6.07) is 0. The second kappa shape index (κ2) is 4.94. The third-order valence-electron chi connectivity index (χ3n) is 2.83. The minimum atomic E-state index is -2.04. The number of allylic oxidation sites excluding steroid dienone is 1. The Bertz CT molecular complexity index is 251. The minimum Gasteiger partial charge on any atom is -0.547 e. The molecular weight excluding hydrogens is 208 g/mol. The second-order valence-electron chi connectivity index (χ2n) is 5.14. The summed E-state index contributed by atoms with van der Waals surface area (Å²) in [5.74, 6) is -1.17. The van der Waals surface area contributed by atoms with Crippen molar-refractivity contribution < 1.29 is 14.3 Å². The van der Waals surface area contributed by atoms with E-state index < -0.39 is 20.4 Å². The van der Waals surface area contributed by atoms with Gasteiger partial charge in [0.05, 0.1) is 5.97 Å². The first kappa shape index (κ1) is 14.4. The Balaban J connectivity index is 4.75. The van der Waals surface area contributed by atoms with E-state index in [4.69, 9.17) is 4.43 Å². The van der Waals surface area contributed by atoms with Gasteiger partial charge in [-0.15, -0.1) is 0 Å². The van der Waals surface area contributed by atoms with Gasteiger partial charge < -0.3 is 14.3 Å². The second-order valence-corrected chi connectivity index (χ2v) is 9.90. The number of carbonyl (C=O) groups is 1. The monoisotopic (exact) mass is 229 g/mol. The fourth-order valence-corrected chi connectivity index (χ4v) is 2.00. The van der Waals surface area contributed by atoms with Crippen LogP contribution < -0.4 is 5.11 Å². The Kier molecular flexibility index (Phi) is 4.74. The van der Waals surface area contributed by atoms with Gasteiger partial charge in [0.1, 0.15) is 6.10 Å². The Morgan fingerprint density at radius 1 is 1.40 bits per heavy atom. The van der Waals surface area contributed by atoms with Gasteiger partial charge in [-0.2, -0.15) is 0 Å². The lowest BCUT2D eigenvalue weighted by Gasteiger charge is -2.38. The van der Waals surface area contributed by atoms with Crippen molar-refractivity contribution in [2.45, 2.75) is 51.9 Å². The van der Waals surface area contributed by atoms with Crippen molar-refractivity contribution in [1.82, 2.24) is 0 Å². The average molecular weight is 229 g/mol. The number of aliphatic carboxylic acids is 1. The third-order valence-corrected chi connectivity index (χ3v) is 7.28. The lowest BCUT2D eigenvalue weighted by Crippen LogP contribution is -2.48. The van der Waals surface area contributed by atoms with Crippen LogP contribution in [0.5, 0.6) is 0 Å². The third kappa shape index (κ3) is 4.18. The van der Waals surface area contributed by atoms with Gasteiger partial charge >= 0.3 is 0 Å². The van der Waals surface area contributed by atoms with Gasteiger partial charge in [-0.25, -0.2) is 0 Å². The maximum Gasteiger partial charge on any atom is 0.193 e. The molecule has 0 spiro atoms. The SMILES string of the molecule is C/C=C/C(O[Si](C)(C)C(C)(C)C)C(=O)[O-]. The van der Waals surface area contributed by atoms with Crippen LogP contribution in [0.4, 0.5) is 0 Å². The van der Waals surface area contributed by atoms with Crippen molar-refractivity contribution in [3.8, 4) is 0 Å². The van der Waals surface area contributed by atoms with Crippen molar-refractivity contribution in [2.24, 2.45) is 0 Å². The molecule has 1 atom stereocenters. The van der Waals surface area contributed by atoms with Crippen molar-refractivity contribution >= 4 is 14.3 Å². The molecule has 0 bridgehead atoms. The Labute approximate surface area is 93.3 Å². The lowest BCUT2D eigenvalue weighted by atomic mass is 10.2. The number of carboxylic acids is 1. The van der Waals surface area contributed by atoms with Crippen molar-refractivity contribution in [2.75, 3.05) is 0 Å². The number of rotatable bonds is 4. The van der Waals surface area contributed by atoms with Crippen molar-refractivity contribution in [3.05, 3.63) is 12.2 Å². The highest BCUT2D eigenvalue weighted by molar-refractivity contribution is 6.74. The van der Waals surface area contributed by atoms with Crippen LogP contribution in [-0.2, 0) is 9.22 Å². The van der Waals surface area contributed by atoms with E-state index in [1.54, 1.807) is 13.0 Å². The molecule has 0 heterocycles. The Hall–Kier alpha value is -0.613. The molecule has 0 aliphatic rings. The molecule has 0 saturated carbocycles. The normalized spacial score (nSPS) is 15.6. The molecule has 1 unspecified atom stereocenters. The van der Waals surface area contributed by atoms with E-state index in [2.05, 4.69) is 20.8 Å². The summed E-state index contributed by atoms with van der Waals surface area (Å²) in [4.78, 5) is 10.8. The summed E-state index contributed by atoms with van der Waals surface area (Å²) in [6.45, 7) is 12.0. The van der Waals surface area contributed by atoms with Gasteiger partial charge in [0, 0.05) is 0 Å². The summed E-state index contributed by atoms with van der Waals surface area (Å²) in [5.41, 5.74) is 0. The Morgan fingerprint density at radius 2 is 1.87 bits per heavy atom. The molecule has 0 amide bonds. The summed E-state index contributed by atoms with van der Waals surface area (Å²) >= 11 is 0. The molecule has 0 aliphatic heterocycles. The van der Waals surface area contributed by atoms with Crippen LogP contribution in [0, 0.1) is 0 Å². The summed E-state index contributed by atoms with van der Waals surface area (Å²) in [7, 11) is -2.04. The summed E-state index contributed by atoms with van der Waals surface area (Å²) in [6.07, 6.45) is 2.28. The number of hydrogen-bond donors (Lipinski definition) is 0. The van der Waals surface area contributed by atoms with E-state index in [1.807, 2.05) is 13.1 Å². The largest absolute Gasteiger partial charge is 0.547 e. The number of hydrogen-bond acceptors (Lipinski definition) is 3. The van der Waals surface area contributed by atoms with E-state index >= 15 is 0 Å². The molecule has 4 heteroatoms. The molecule has 88 valence electrons. The smallest absolute Gasteiger partial charge is 0.193 e. The van der Waals surface area contributed by atoms with E-state index in [0.29, 0.717) is 0 Å². The van der Waals surface area contributed by atoms with Crippen LogP contribution in [0.1, 0.15) is 27.7 Å². The van der Waals surface area contributed by atoms with Gasteiger partial charge in [-0.3, -0.25) is 0 Å². The minimum absolute atomic E-state index is 0.00226. The first-order valence-corrected chi connectivity index (χ1v) is 8.04. The lowest BCUT2D eigenvalue weighted by molar-refractivity contribution is -0.311. The highest BCUT2D eigenvalue weighted by Gasteiger charge is 2.38. The molecule has 0 N–H and O–H groups in total. The predicted octanol–water partition coefficient (Wildman–Crippen LogP) is 1.70. The molecule has 3 nitrogen and oxygen atoms in total. The van der Waals surface area contributed by atoms with Gasteiger partial charge in [-0.1, -0.05) is 32.9 Å². The van der Waals surface area contributed by atoms with Crippen LogP contribution in [0.25, 0.3) is 0 Å². The molecule has 0 rings (SSSR count). The van der Waals surface area contributed by atoms with Crippen LogP contribution in [0.3, 0.4) is 0 Å². The topological polar surface area (TPSA) is 49.4 Å². The summed E-state index contributed by atoms with van der Waals surface area (Å²) in [5, 5.41) is 10.8. The van der Waals surface area contributed by atoms with Crippen molar-refractivity contribution in [3.63, 3.8) is 0 Å². The van der Waals surface area contributed by atoms with Gasteiger partial charge in [0.15, 0.2) is 8.32 Å². The van der Waals surface area contributed by atoms with E-state index in [0.717, 1.165) is 0 Å². The first-order chi connectivity index (χ1) is 6.62. The number of carboxylic acid groups (broad SMARTS) is 1. The van der Waals surface area contributed by atoms with Gasteiger partial charge in [0.25, 0.3) is 0 Å². The quantitative estimate of drug-likeness (QED) is 0.544. The summed E-state index contributed by atoms with van der Waals surface area (Å²) < 4.78 is 5.69. The zero-order valence-corrected chi connectivity index (χ0v) is 11.5. The maximum absolute atomic E-state index is 10.8. The van der Waals surface area contributed by atoms with Crippen LogP contribution in [-0.4, -0.2) is 20.4 Å². The van der Waals surface area contributed by atoms with E-state index in [9.17, 15) is 9.90 Å². The molecule has 15 heavy (non-hydrogen) atoms. The van der Waals surface area contributed by atoms with E-state index in [1.165, 1.54) is 6.08 Å². The van der Waals surface area contributed by atoms with Gasteiger partial charge in [-0.05, 0) is 25.1 Å². The van der Waals surface area contributed by atoms with Gasteiger partial charge in [0.2, 0.25) is 0 Å². The molecular formula is C11H21O3Si-. The average Bonchev–Trinajstić information content (AvgIpc) is 2.00. The highest BCUT2D eigenvalue weighted by atomic mass is 28.4. The number of carbonyl (C=O) groups excluding carboxylic acids is 1. The van der Waals surface area contributed by atoms with E-state index in [-0.39, 0.29) is 5.04 Å². The molecule has 0 fully saturated rings. The first-order valence-electron chi connectivity index (χ1n) is 5.13. The fourth-order valence-electron chi connectivity index (χ4n) is 0.835.